The quantitative estimate of drug-likeness (QED) is 0.0438. The Hall–Kier alpha value is -1.13. The van der Waals surface area contributed by atoms with Crippen LogP contribution >= 0.6 is 0 Å². The third kappa shape index (κ3) is 38.1. The molecular formula is C46H89NO3. The van der Waals surface area contributed by atoms with Crippen LogP contribution in [0.1, 0.15) is 245 Å². The largest absolute Gasteiger partial charge is 0.394 e. The number of hydrogen-bond acceptors (Lipinski definition) is 3. The molecule has 0 bridgehead atoms. The maximum Gasteiger partial charge on any atom is 0.220 e. The molecule has 296 valence electrons. The maximum atomic E-state index is 12.4. The average Bonchev–Trinajstić information content (AvgIpc) is 3.12. The Morgan fingerprint density at radius 1 is 0.460 bits per heavy atom. The number of carbonyl (C=O) groups is 1. The standard InChI is InChI=1S/C46H89NO3/c1-3-5-7-9-11-13-15-16-17-18-19-20-21-22-23-24-25-26-27-28-29-30-32-34-36-38-40-42-46(50)47-44(43-48)45(49)41-39-37-35-33-31-14-12-10-8-6-4-2/h22-23,39,41,44-45,48-49H,3-21,24-38,40,42-43H2,1-2H3,(H,47,50)/b23-22-,41-39+. The summed E-state index contributed by atoms with van der Waals surface area (Å²) in [4.78, 5) is 12.4. The van der Waals surface area contributed by atoms with Crippen LogP contribution in [0.3, 0.4) is 0 Å². The minimum atomic E-state index is -0.835. The first kappa shape index (κ1) is 48.9. The summed E-state index contributed by atoms with van der Waals surface area (Å²) in [7, 11) is 0. The number of hydrogen-bond donors (Lipinski definition) is 3. The third-order valence-electron chi connectivity index (χ3n) is 10.4. The van der Waals surface area contributed by atoms with Gasteiger partial charge in [-0.2, -0.15) is 0 Å². The second-order valence-electron chi connectivity index (χ2n) is 15.5. The van der Waals surface area contributed by atoms with E-state index in [-0.39, 0.29) is 12.5 Å². The van der Waals surface area contributed by atoms with Crippen molar-refractivity contribution in [3.8, 4) is 0 Å². The summed E-state index contributed by atoms with van der Waals surface area (Å²) >= 11 is 0. The summed E-state index contributed by atoms with van der Waals surface area (Å²) in [6.07, 6.45) is 54.4. The van der Waals surface area contributed by atoms with Gasteiger partial charge in [0.25, 0.3) is 0 Å². The lowest BCUT2D eigenvalue weighted by Crippen LogP contribution is -2.45. The van der Waals surface area contributed by atoms with Crippen LogP contribution in [0.25, 0.3) is 0 Å². The van der Waals surface area contributed by atoms with Crippen LogP contribution in [0, 0.1) is 0 Å². The Kier molecular flexibility index (Phi) is 41.3. The Morgan fingerprint density at radius 3 is 1.10 bits per heavy atom. The number of nitrogens with one attached hydrogen (secondary N) is 1. The highest BCUT2D eigenvalue weighted by Crippen LogP contribution is 2.15. The Labute approximate surface area is 313 Å². The number of allylic oxidation sites excluding steroid dienone is 3. The monoisotopic (exact) mass is 704 g/mol. The molecule has 0 aromatic carbocycles. The second kappa shape index (κ2) is 42.3. The van der Waals surface area contributed by atoms with E-state index in [1.807, 2.05) is 6.08 Å². The van der Waals surface area contributed by atoms with Gasteiger partial charge < -0.3 is 15.5 Å². The van der Waals surface area contributed by atoms with Crippen molar-refractivity contribution >= 4 is 5.91 Å². The van der Waals surface area contributed by atoms with Crippen molar-refractivity contribution < 1.29 is 15.0 Å². The van der Waals surface area contributed by atoms with Crippen LogP contribution < -0.4 is 5.32 Å². The van der Waals surface area contributed by atoms with E-state index >= 15 is 0 Å². The highest BCUT2D eigenvalue weighted by Gasteiger charge is 2.17. The first-order chi connectivity index (χ1) is 24.7. The highest BCUT2D eigenvalue weighted by molar-refractivity contribution is 5.76. The molecule has 0 aromatic rings. The maximum absolute atomic E-state index is 12.4. The number of unbranched alkanes of at least 4 members (excludes halogenated alkanes) is 32. The van der Waals surface area contributed by atoms with Gasteiger partial charge in [-0.1, -0.05) is 218 Å². The normalized spacial score (nSPS) is 13.1. The van der Waals surface area contributed by atoms with E-state index in [0.29, 0.717) is 6.42 Å². The number of amides is 1. The van der Waals surface area contributed by atoms with Gasteiger partial charge in [-0.3, -0.25) is 4.79 Å². The smallest absolute Gasteiger partial charge is 0.220 e. The fourth-order valence-electron chi connectivity index (χ4n) is 6.94. The molecule has 4 heteroatoms. The predicted molar refractivity (Wildman–Crippen MR) is 221 cm³/mol. The van der Waals surface area contributed by atoms with E-state index in [9.17, 15) is 15.0 Å². The molecule has 4 nitrogen and oxygen atoms in total. The van der Waals surface area contributed by atoms with Crippen LogP contribution in [0.4, 0.5) is 0 Å². The van der Waals surface area contributed by atoms with Crippen LogP contribution in [-0.4, -0.2) is 34.9 Å². The zero-order chi connectivity index (χ0) is 36.4. The van der Waals surface area contributed by atoms with Gasteiger partial charge in [-0.15, -0.1) is 0 Å². The predicted octanol–water partition coefficient (Wildman–Crippen LogP) is 14.0. The summed E-state index contributed by atoms with van der Waals surface area (Å²) in [5.74, 6) is -0.0643. The number of aliphatic hydroxyl groups is 2. The highest BCUT2D eigenvalue weighted by atomic mass is 16.3. The van der Waals surface area contributed by atoms with Crippen molar-refractivity contribution in [1.29, 1.82) is 0 Å². The average molecular weight is 704 g/mol. The van der Waals surface area contributed by atoms with Crippen LogP contribution in [0.5, 0.6) is 0 Å². The molecule has 0 aliphatic rings. The number of carbonyl (C=O) groups excluding carboxylic acids is 1. The molecule has 0 aliphatic heterocycles. The summed E-state index contributed by atoms with van der Waals surface area (Å²) in [6, 6.07) is -0.618. The molecule has 3 N–H and O–H groups in total. The lowest BCUT2D eigenvalue weighted by Gasteiger charge is -2.20. The molecule has 0 fully saturated rings. The molecule has 0 aromatic heterocycles. The van der Waals surface area contributed by atoms with E-state index in [1.54, 1.807) is 6.08 Å². The first-order valence-electron chi connectivity index (χ1n) is 22.6. The lowest BCUT2D eigenvalue weighted by molar-refractivity contribution is -0.123. The fourth-order valence-corrected chi connectivity index (χ4v) is 6.94. The van der Waals surface area contributed by atoms with Crippen LogP contribution in [-0.2, 0) is 4.79 Å². The van der Waals surface area contributed by atoms with Gasteiger partial charge in [-0.05, 0) is 44.9 Å². The number of rotatable bonds is 41. The molecule has 50 heavy (non-hydrogen) atoms. The molecule has 0 heterocycles. The lowest BCUT2D eigenvalue weighted by atomic mass is 10.0. The minimum Gasteiger partial charge on any atom is -0.394 e. The summed E-state index contributed by atoms with van der Waals surface area (Å²) < 4.78 is 0. The van der Waals surface area contributed by atoms with Crippen LogP contribution in [0.2, 0.25) is 0 Å². The molecule has 0 saturated carbocycles. The van der Waals surface area contributed by atoms with Gasteiger partial charge in [0.1, 0.15) is 0 Å². The zero-order valence-corrected chi connectivity index (χ0v) is 33.9. The van der Waals surface area contributed by atoms with Gasteiger partial charge in [0.2, 0.25) is 5.91 Å². The Balaban J connectivity index is 3.47. The van der Waals surface area contributed by atoms with Crippen molar-refractivity contribution in [1.82, 2.24) is 5.32 Å². The van der Waals surface area contributed by atoms with Gasteiger partial charge in [0, 0.05) is 6.42 Å². The SMILES string of the molecule is CCCCCCCCCCC/C=C/C(O)C(CO)NC(=O)CCCCCCCCCCCCC/C=C\CCCCCCCCCCCCCC. The van der Waals surface area contributed by atoms with Gasteiger partial charge in [0.15, 0.2) is 0 Å². The molecular weight excluding hydrogens is 615 g/mol. The molecule has 1 amide bonds. The van der Waals surface area contributed by atoms with E-state index in [0.717, 1.165) is 25.7 Å². The molecule has 2 atom stereocenters. The fraction of sp³-hybridized carbons (Fsp3) is 0.891. The van der Waals surface area contributed by atoms with E-state index in [1.165, 1.54) is 199 Å². The molecule has 0 radical (unpaired) electrons. The molecule has 0 rings (SSSR count). The Bertz CT molecular complexity index is 720. The number of aliphatic hydroxyl groups excluding tert-OH is 2. The summed E-state index contributed by atoms with van der Waals surface area (Å²) in [6.45, 7) is 4.31. The molecule has 0 spiro atoms. The third-order valence-corrected chi connectivity index (χ3v) is 10.4. The van der Waals surface area contributed by atoms with E-state index < -0.39 is 12.1 Å². The van der Waals surface area contributed by atoms with E-state index in [2.05, 4.69) is 31.3 Å². The molecule has 0 saturated heterocycles. The van der Waals surface area contributed by atoms with Gasteiger partial charge in [-0.25, -0.2) is 0 Å². The minimum absolute atomic E-state index is 0.0643. The van der Waals surface area contributed by atoms with Gasteiger partial charge >= 0.3 is 0 Å². The second-order valence-corrected chi connectivity index (χ2v) is 15.5. The Morgan fingerprint density at radius 2 is 0.760 bits per heavy atom. The topological polar surface area (TPSA) is 69.6 Å². The van der Waals surface area contributed by atoms with Crippen LogP contribution in [0.15, 0.2) is 24.3 Å². The van der Waals surface area contributed by atoms with Crippen molar-refractivity contribution in [3.05, 3.63) is 24.3 Å². The van der Waals surface area contributed by atoms with Crippen molar-refractivity contribution in [2.24, 2.45) is 0 Å². The molecule has 0 aliphatic carbocycles. The van der Waals surface area contributed by atoms with Crippen molar-refractivity contribution in [2.45, 2.75) is 257 Å². The summed E-state index contributed by atoms with van der Waals surface area (Å²) in [5.41, 5.74) is 0. The molecule has 2 unspecified atom stereocenters. The first-order valence-corrected chi connectivity index (χ1v) is 22.6. The van der Waals surface area contributed by atoms with E-state index in [4.69, 9.17) is 0 Å². The van der Waals surface area contributed by atoms with Crippen molar-refractivity contribution in [3.63, 3.8) is 0 Å². The summed E-state index contributed by atoms with van der Waals surface area (Å²) in [5, 5.41) is 22.9. The van der Waals surface area contributed by atoms with Gasteiger partial charge in [0.05, 0.1) is 18.8 Å². The zero-order valence-electron chi connectivity index (χ0n) is 33.9. The van der Waals surface area contributed by atoms with Crippen molar-refractivity contribution in [2.75, 3.05) is 6.61 Å².